The number of esters is 1. The van der Waals surface area contributed by atoms with Crippen LogP contribution in [-0.2, 0) is 30.2 Å². The molecule has 3 aromatic carbocycles. The van der Waals surface area contributed by atoms with Gasteiger partial charge in [0.25, 0.3) is 11.9 Å². The van der Waals surface area contributed by atoms with Gasteiger partial charge in [-0.25, -0.2) is 32.6 Å². The van der Waals surface area contributed by atoms with E-state index >= 15 is 0 Å². The zero-order valence-corrected chi connectivity index (χ0v) is 36.6. The summed E-state index contributed by atoms with van der Waals surface area (Å²) in [7, 11) is 0. The lowest BCUT2D eigenvalue weighted by Gasteiger charge is -2.34. The van der Waals surface area contributed by atoms with Crippen LogP contribution >= 0.6 is 0 Å². The first-order valence-corrected chi connectivity index (χ1v) is 20.3. The number of pyridine rings is 1. The van der Waals surface area contributed by atoms with E-state index in [0.717, 1.165) is 17.0 Å². The van der Waals surface area contributed by atoms with Crippen molar-refractivity contribution in [3.05, 3.63) is 102 Å². The second-order valence-electron chi connectivity index (χ2n) is 17.2. The number of hydrogen-bond acceptors (Lipinski definition) is 11. The molecule has 16 nitrogen and oxygen atoms in total. The molecule has 0 spiro atoms. The molecule has 0 bridgehead atoms. The zero-order valence-electron chi connectivity index (χ0n) is 36.6. The fraction of sp³-hybridized carbons (Fsp3) is 0.356. The van der Waals surface area contributed by atoms with Crippen LogP contribution in [0.1, 0.15) is 57.5 Å². The van der Waals surface area contributed by atoms with Gasteiger partial charge in [0.15, 0.2) is 12.3 Å². The monoisotopic (exact) mass is 923 g/mol. The van der Waals surface area contributed by atoms with Crippen LogP contribution in [0, 0.1) is 11.2 Å². The van der Waals surface area contributed by atoms with Crippen LogP contribution in [0.5, 0.6) is 5.75 Å². The molecule has 1 saturated heterocycles. The van der Waals surface area contributed by atoms with Gasteiger partial charge in [-0.2, -0.15) is 18.2 Å². The van der Waals surface area contributed by atoms with Crippen LogP contribution in [0.3, 0.4) is 0 Å². The first-order chi connectivity index (χ1) is 30.9. The van der Waals surface area contributed by atoms with Gasteiger partial charge >= 0.3 is 24.3 Å². The van der Waals surface area contributed by atoms with Gasteiger partial charge < -0.3 is 34.5 Å². The van der Waals surface area contributed by atoms with Crippen molar-refractivity contribution in [2.24, 2.45) is 5.41 Å². The summed E-state index contributed by atoms with van der Waals surface area (Å²) in [6, 6.07) is 17.5. The summed E-state index contributed by atoms with van der Waals surface area (Å²) >= 11 is 0. The van der Waals surface area contributed by atoms with E-state index in [1.165, 1.54) is 41.0 Å². The molecule has 2 N–H and O–H groups in total. The third kappa shape index (κ3) is 12.7. The molecule has 1 atom stereocenters. The van der Waals surface area contributed by atoms with Gasteiger partial charge in [0, 0.05) is 17.4 Å². The Morgan fingerprint density at radius 1 is 0.864 bits per heavy atom. The third-order valence-electron chi connectivity index (χ3n) is 9.60. The number of ether oxygens (including phenoxy) is 4. The Morgan fingerprint density at radius 2 is 1.55 bits per heavy atom. The molecule has 0 radical (unpaired) electrons. The Bertz CT molecular complexity index is 2590. The van der Waals surface area contributed by atoms with Crippen molar-refractivity contribution in [1.82, 2.24) is 24.8 Å². The van der Waals surface area contributed by atoms with E-state index in [4.69, 9.17) is 18.9 Å². The molecule has 6 rings (SSSR count). The Balaban J connectivity index is 1.29. The molecular formula is C45H46F5N7O9. The van der Waals surface area contributed by atoms with Gasteiger partial charge in [-0.1, -0.05) is 45.0 Å². The molecule has 2 aromatic heterocycles. The molecule has 66 heavy (non-hydrogen) atoms. The van der Waals surface area contributed by atoms with Crippen LogP contribution in [0.2, 0.25) is 0 Å². The first kappa shape index (κ1) is 48.1. The molecule has 1 aliphatic rings. The number of alkyl carbamates (subject to hydrolysis) is 1. The summed E-state index contributed by atoms with van der Waals surface area (Å²) in [6.07, 6.45) is -6.93. The lowest BCUT2D eigenvalue weighted by molar-refractivity contribution is -0.157. The normalized spacial score (nSPS) is 13.6. The number of nitrogens with zero attached hydrogens (tertiary/aromatic N) is 5. The number of fused-ring (bicyclic) bond motifs is 1. The zero-order chi connectivity index (χ0) is 48.1. The van der Waals surface area contributed by atoms with Crippen molar-refractivity contribution < 1.29 is 64.9 Å². The predicted molar refractivity (Wildman–Crippen MR) is 228 cm³/mol. The molecule has 1 fully saturated rings. The largest absolute Gasteiger partial charge is 0.482 e. The predicted octanol–water partition coefficient (Wildman–Crippen LogP) is 8.17. The number of carbonyl (C=O) groups excluding carboxylic acids is 5. The van der Waals surface area contributed by atoms with Crippen molar-refractivity contribution in [3.63, 3.8) is 0 Å². The first-order valence-electron chi connectivity index (χ1n) is 20.3. The fourth-order valence-electron chi connectivity index (χ4n) is 6.39. The van der Waals surface area contributed by atoms with Crippen molar-refractivity contribution in [2.45, 2.75) is 72.0 Å². The fourth-order valence-corrected chi connectivity index (χ4v) is 6.39. The summed E-state index contributed by atoms with van der Waals surface area (Å²) in [5.74, 6) is -3.57. The van der Waals surface area contributed by atoms with Crippen LogP contribution in [0.25, 0.3) is 16.8 Å². The smallest absolute Gasteiger partial charge is 0.424 e. The van der Waals surface area contributed by atoms with Crippen molar-refractivity contribution in [2.75, 3.05) is 36.7 Å². The number of carbonyl (C=O) groups is 5. The van der Waals surface area contributed by atoms with Crippen LogP contribution < -0.4 is 20.3 Å². The molecule has 350 valence electrons. The topological polar surface area (TPSA) is 183 Å². The Labute approximate surface area is 374 Å². The van der Waals surface area contributed by atoms with E-state index in [2.05, 4.69) is 20.7 Å². The maximum atomic E-state index is 14.1. The minimum absolute atomic E-state index is 0.0201. The number of likely N-dealkylation sites (tertiary alicyclic amines) is 1. The highest BCUT2D eigenvalue weighted by molar-refractivity contribution is 6.00. The minimum Gasteiger partial charge on any atom is -0.482 e. The maximum absolute atomic E-state index is 14.1. The SMILES string of the molecule is CC(C)(C)OC(=O)N[C@H](C(=O)OCOC(=O)N(c1nc2cc(-c3ccc(NC(=O)Cc4ccc(F)cc4)cc3)ccn2n1)c1ccc(C(=O)N2CC(F)C2)cc1OCC(F)(F)F)C(C)(C)C. The van der Waals surface area contributed by atoms with Gasteiger partial charge in [-0.3, -0.25) is 9.59 Å². The van der Waals surface area contributed by atoms with Crippen LogP contribution in [-0.4, -0.2) is 99.9 Å². The Kier molecular flexibility index (Phi) is 14.2. The number of amides is 4. The second kappa shape index (κ2) is 19.4. The van der Waals surface area contributed by atoms with E-state index in [1.807, 2.05) is 0 Å². The number of aromatic nitrogens is 3. The molecule has 3 heterocycles. The molecule has 0 saturated carbocycles. The van der Waals surface area contributed by atoms with Gasteiger partial charge in [-0.15, -0.1) is 5.10 Å². The number of rotatable bonds is 13. The second-order valence-corrected chi connectivity index (χ2v) is 17.2. The number of halogens is 5. The van der Waals surface area contributed by atoms with E-state index in [1.54, 1.807) is 77.9 Å². The summed E-state index contributed by atoms with van der Waals surface area (Å²) < 4.78 is 90.0. The van der Waals surface area contributed by atoms with E-state index in [-0.39, 0.29) is 36.6 Å². The van der Waals surface area contributed by atoms with Crippen molar-refractivity contribution >= 4 is 52.9 Å². The van der Waals surface area contributed by atoms with Crippen LogP contribution in [0.4, 0.5) is 48.9 Å². The molecule has 5 aromatic rings. The van der Waals surface area contributed by atoms with Crippen molar-refractivity contribution in [3.8, 4) is 16.9 Å². The number of anilines is 3. The number of nitrogens with one attached hydrogen (secondary N) is 2. The maximum Gasteiger partial charge on any atom is 0.424 e. The molecule has 21 heteroatoms. The quantitative estimate of drug-likeness (QED) is 0.0660. The van der Waals surface area contributed by atoms with Gasteiger partial charge in [-0.05, 0) is 97.5 Å². The summed E-state index contributed by atoms with van der Waals surface area (Å²) in [4.78, 5) is 71.9. The third-order valence-corrected chi connectivity index (χ3v) is 9.60. The number of hydrogen-bond donors (Lipinski definition) is 2. The minimum atomic E-state index is -4.88. The van der Waals surface area contributed by atoms with E-state index in [0.29, 0.717) is 27.3 Å². The van der Waals surface area contributed by atoms with Crippen LogP contribution in [0.15, 0.2) is 85.1 Å². The standard InChI is InChI=1S/C45H46F5N7O9/c1-43(2,3)37(53-41(61)66-44(4,5)6)39(60)64-25-65-42(62)57(33-16-11-29(38(59)55-22-31(47)23-55)20-34(33)63-24-45(48,49)50)40-52-35-21-28(17-18-56(35)54-40)27-9-14-32(15-10-27)51-36(58)19-26-7-12-30(46)13-8-26/h7-18,20-21,31,37H,19,22-25H2,1-6H3,(H,51,58)(H,53,61)/t37-/m1/s1. The molecule has 1 aliphatic heterocycles. The lowest BCUT2D eigenvalue weighted by atomic mass is 9.87. The van der Waals surface area contributed by atoms with E-state index < -0.39 is 90.1 Å². The molecule has 0 unspecified atom stereocenters. The highest BCUT2D eigenvalue weighted by atomic mass is 19.4. The summed E-state index contributed by atoms with van der Waals surface area (Å²) in [6.45, 7) is 6.40. The summed E-state index contributed by atoms with van der Waals surface area (Å²) in [5, 5.41) is 9.59. The Hall–Kier alpha value is -7.32. The van der Waals surface area contributed by atoms with Crippen molar-refractivity contribution in [1.29, 1.82) is 0 Å². The van der Waals surface area contributed by atoms with Gasteiger partial charge in [0.2, 0.25) is 12.7 Å². The van der Waals surface area contributed by atoms with E-state index in [9.17, 15) is 45.9 Å². The highest BCUT2D eigenvalue weighted by Crippen LogP contribution is 2.37. The average molecular weight is 924 g/mol. The summed E-state index contributed by atoms with van der Waals surface area (Å²) in [5.41, 5.74) is 0.0632. The number of alkyl halides is 4. The molecule has 0 aliphatic carbocycles. The van der Waals surface area contributed by atoms with Gasteiger partial charge in [0.05, 0.1) is 25.2 Å². The molecular weight excluding hydrogens is 878 g/mol. The lowest BCUT2D eigenvalue weighted by Crippen LogP contribution is -2.51. The van der Waals surface area contributed by atoms with Gasteiger partial charge in [0.1, 0.15) is 29.4 Å². The highest BCUT2D eigenvalue weighted by Gasteiger charge is 2.37. The Morgan fingerprint density at radius 3 is 2.17 bits per heavy atom. The average Bonchev–Trinajstić information content (AvgIpc) is 3.63. The molecule has 4 amide bonds. The number of benzene rings is 3.